The molecule has 0 spiro atoms. The molecule has 2 rings (SSSR count). The third-order valence-corrected chi connectivity index (χ3v) is 2.82. The highest BCUT2D eigenvalue weighted by atomic mass is 15.2. The molecule has 0 amide bonds. The standard InChI is InChI=1S/C11H15N5/c1-7-5-10(3,15-13-7)9(12)11(4)6-8(2)14-16-11/h5-6,12H,1-4H3. The van der Waals surface area contributed by atoms with E-state index in [2.05, 4.69) is 20.5 Å². The lowest BCUT2D eigenvalue weighted by molar-refractivity contribution is 0.657. The van der Waals surface area contributed by atoms with Crippen molar-refractivity contribution in [2.75, 3.05) is 0 Å². The van der Waals surface area contributed by atoms with Gasteiger partial charge in [0.05, 0.1) is 17.1 Å². The average molecular weight is 217 g/mol. The summed E-state index contributed by atoms with van der Waals surface area (Å²) >= 11 is 0. The largest absolute Gasteiger partial charge is 0.304 e. The second-order valence-corrected chi connectivity index (χ2v) is 4.64. The number of nitrogens with one attached hydrogen (secondary N) is 1. The minimum atomic E-state index is -0.682. The molecular formula is C11H15N5. The summed E-state index contributed by atoms with van der Waals surface area (Å²) in [6, 6.07) is 0. The fraction of sp³-hybridized carbons (Fsp3) is 0.545. The van der Waals surface area contributed by atoms with E-state index in [1.165, 1.54) is 0 Å². The minimum Gasteiger partial charge on any atom is -0.304 e. The predicted molar refractivity (Wildman–Crippen MR) is 61.8 cm³/mol. The highest BCUT2D eigenvalue weighted by molar-refractivity contribution is 6.02. The van der Waals surface area contributed by atoms with E-state index < -0.39 is 11.1 Å². The fourth-order valence-corrected chi connectivity index (χ4v) is 2.05. The molecule has 0 saturated carbocycles. The first-order valence-electron chi connectivity index (χ1n) is 5.20. The van der Waals surface area contributed by atoms with Gasteiger partial charge in [-0.2, -0.15) is 20.5 Å². The molecule has 1 N–H and O–H groups in total. The van der Waals surface area contributed by atoms with Gasteiger partial charge in [0.25, 0.3) is 0 Å². The van der Waals surface area contributed by atoms with Crippen LogP contribution in [0.25, 0.3) is 0 Å². The van der Waals surface area contributed by atoms with E-state index in [1.54, 1.807) is 0 Å². The molecule has 0 aromatic rings. The molecular weight excluding hydrogens is 202 g/mol. The van der Waals surface area contributed by atoms with Gasteiger partial charge in [-0.25, -0.2) is 0 Å². The zero-order chi connectivity index (χ0) is 12.0. The van der Waals surface area contributed by atoms with Crippen molar-refractivity contribution in [2.24, 2.45) is 20.5 Å². The average Bonchev–Trinajstić information content (AvgIpc) is 2.72. The third-order valence-electron chi connectivity index (χ3n) is 2.82. The minimum absolute atomic E-state index is 0.404. The fourth-order valence-electron chi connectivity index (χ4n) is 2.05. The Morgan fingerprint density at radius 1 is 1.00 bits per heavy atom. The lowest BCUT2D eigenvalue weighted by Crippen LogP contribution is -2.43. The van der Waals surface area contributed by atoms with E-state index >= 15 is 0 Å². The molecule has 2 heterocycles. The van der Waals surface area contributed by atoms with Gasteiger partial charge in [0.2, 0.25) is 0 Å². The number of nitrogens with zero attached hydrogens (tertiary/aromatic N) is 4. The maximum atomic E-state index is 8.26. The number of hydrogen-bond acceptors (Lipinski definition) is 5. The van der Waals surface area contributed by atoms with Crippen molar-refractivity contribution >= 4 is 5.71 Å². The van der Waals surface area contributed by atoms with Gasteiger partial charge in [-0.1, -0.05) is 0 Å². The van der Waals surface area contributed by atoms with Gasteiger partial charge in [-0.3, -0.25) is 0 Å². The van der Waals surface area contributed by atoms with E-state index in [1.807, 2.05) is 39.8 Å². The van der Waals surface area contributed by atoms with Crippen LogP contribution in [-0.2, 0) is 0 Å². The molecule has 2 unspecified atom stereocenters. The van der Waals surface area contributed by atoms with Crippen molar-refractivity contribution in [3.8, 4) is 0 Å². The summed E-state index contributed by atoms with van der Waals surface area (Å²) in [5.74, 6) is 0. The summed E-state index contributed by atoms with van der Waals surface area (Å²) in [7, 11) is 0. The highest BCUT2D eigenvalue weighted by Gasteiger charge is 2.43. The zero-order valence-electron chi connectivity index (χ0n) is 9.94. The van der Waals surface area contributed by atoms with Crippen LogP contribution in [0, 0.1) is 5.41 Å². The number of azo groups is 2. The molecule has 16 heavy (non-hydrogen) atoms. The van der Waals surface area contributed by atoms with Crippen molar-refractivity contribution in [1.29, 1.82) is 5.41 Å². The Labute approximate surface area is 94.6 Å². The molecule has 5 heteroatoms. The van der Waals surface area contributed by atoms with E-state index in [4.69, 9.17) is 5.41 Å². The van der Waals surface area contributed by atoms with E-state index in [-0.39, 0.29) is 0 Å². The molecule has 2 aliphatic heterocycles. The maximum absolute atomic E-state index is 8.26. The summed E-state index contributed by atoms with van der Waals surface area (Å²) in [4.78, 5) is 0. The van der Waals surface area contributed by atoms with Crippen LogP contribution < -0.4 is 0 Å². The van der Waals surface area contributed by atoms with E-state index in [0.717, 1.165) is 11.4 Å². The first-order valence-corrected chi connectivity index (χ1v) is 5.20. The second kappa shape index (κ2) is 3.17. The van der Waals surface area contributed by atoms with Gasteiger partial charge in [-0.05, 0) is 39.8 Å². The van der Waals surface area contributed by atoms with Gasteiger partial charge in [0.1, 0.15) is 11.1 Å². The molecule has 0 radical (unpaired) electrons. The summed E-state index contributed by atoms with van der Waals surface area (Å²) in [6.07, 6.45) is 3.77. The van der Waals surface area contributed by atoms with Gasteiger partial charge in [0.15, 0.2) is 0 Å². The van der Waals surface area contributed by atoms with E-state index in [9.17, 15) is 0 Å². The lowest BCUT2D eigenvalue weighted by Gasteiger charge is -2.27. The Morgan fingerprint density at radius 2 is 1.38 bits per heavy atom. The predicted octanol–water partition coefficient (Wildman–Crippen LogP) is 3.26. The molecule has 5 nitrogen and oxygen atoms in total. The molecule has 2 aliphatic rings. The maximum Gasteiger partial charge on any atom is 0.139 e. The van der Waals surface area contributed by atoms with Gasteiger partial charge < -0.3 is 5.41 Å². The lowest BCUT2D eigenvalue weighted by atomic mass is 9.82. The molecule has 0 bridgehead atoms. The molecule has 0 aromatic heterocycles. The zero-order valence-corrected chi connectivity index (χ0v) is 9.94. The van der Waals surface area contributed by atoms with Gasteiger partial charge in [0, 0.05) is 0 Å². The van der Waals surface area contributed by atoms with Crippen LogP contribution in [0.4, 0.5) is 0 Å². The van der Waals surface area contributed by atoms with Crippen molar-refractivity contribution in [3.05, 3.63) is 23.5 Å². The van der Waals surface area contributed by atoms with Crippen molar-refractivity contribution in [1.82, 2.24) is 0 Å². The van der Waals surface area contributed by atoms with Gasteiger partial charge in [-0.15, -0.1) is 0 Å². The Kier molecular flexibility index (Phi) is 2.15. The highest BCUT2D eigenvalue weighted by Crippen LogP contribution is 2.34. The Bertz CT molecular complexity index is 429. The summed E-state index contributed by atoms with van der Waals surface area (Å²) < 4.78 is 0. The van der Waals surface area contributed by atoms with Crippen molar-refractivity contribution in [3.63, 3.8) is 0 Å². The monoisotopic (exact) mass is 217 g/mol. The van der Waals surface area contributed by atoms with Crippen LogP contribution in [0.3, 0.4) is 0 Å². The van der Waals surface area contributed by atoms with Crippen LogP contribution in [0.2, 0.25) is 0 Å². The number of allylic oxidation sites excluding steroid dienone is 2. The van der Waals surface area contributed by atoms with Crippen LogP contribution in [0.1, 0.15) is 27.7 Å². The normalized spacial score (nSPS) is 36.5. The van der Waals surface area contributed by atoms with Crippen LogP contribution in [0.15, 0.2) is 44.0 Å². The van der Waals surface area contributed by atoms with Crippen LogP contribution in [-0.4, -0.2) is 16.8 Å². The van der Waals surface area contributed by atoms with Gasteiger partial charge >= 0.3 is 0 Å². The molecule has 84 valence electrons. The molecule has 0 aliphatic carbocycles. The summed E-state index contributed by atoms with van der Waals surface area (Å²) in [6.45, 7) is 7.50. The quantitative estimate of drug-likeness (QED) is 0.689. The Morgan fingerprint density at radius 3 is 1.62 bits per heavy atom. The molecule has 0 aromatic carbocycles. The second-order valence-electron chi connectivity index (χ2n) is 4.64. The summed E-state index contributed by atoms with van der Waals surface area (Å²) in [5.41, 5.74) is 0.719. The number of rotatable bonds is 2. The van der Waals surface area contributed by atoms with Crippen LogP contribution >= 0.6 is 0 Å². The number of hydrogen-bond donors (Lipinski definition) is 1. The topological polar surface area (TPSA) is 73.3 Å². The molecule has 0 fully saturated rings. The smallest absolute Gasteiger partial charge is 0.139 e. The van der Waals surface area contributed by atoms with Crippen molar-refractivity contribution in [2.45, 2.75) is 38.8 Å². The molecule has 2 atom stereocenters. The first kappa shape index (κ1) is 10.9. The third kappa shape index (κ3) is 1.52. The summed E-state index contributed by atoms with van der Waals surface area (Å²) in [5, 5.41) is 24.5. The Hall–Kier alpha value is -1.65. The molecule has 0 saturated heterocycles. The van der Waals surface area contributed by atoms with Crippen molar-refractivity contribution < 1.29 is 0 Å². The van der Waals surface area contributed by atoms with Crippen LogP contribution in [0.5, 0.6) is 0 Å². The Balaban J connectivity index is 2.35. The van der Waals surface area contributed by atoms with E-state index in [0.29, 0.717) is 5.71 Å². The first-order chi connectivity index (χ1) is 7.36. The SMILES string of the molecule is CC1=CC(C)(C(=N)C2(C)C=C(C)N=N2)N=N1.